The van der Waals surface area contributed by atoms with Gasteiger partial charge in [-0.3, -0.25) is 9.10 Å². The van der Waals surface area contributed by atoms with Gasteiger partial charge in [-0.15, -0.1) is 0 Å². The number of anilines is 1. The van der Waals surface area contributed by atoms with Crippen molar-refractivity contribution in [2.75, 3.05) is 23.7 Å². The van der Waals surface area contributed by atoms with Crippen molar-refractivity contribution < 1.29 is 17.9 Å². The molecule has 0 fully saturated rings. The highest BCUT2D eigenvalue weighted by Crippen LogP contribution is 2.17. The van der Waals surface area contributed by atoms with Crippen LogP contribution >= 0.6 is 0 Å². The molecule has 1 rings (SSSR count). The van der Waals surface area contributed by atoms with Crippen LogP contribution in [0.15, 0.2) is 24.3 Å². The molecule has 0 aliphatic rings. The Morgan fingerprint density at radius 3 is 2.42 bits per heavy atom. The largest absolute Gasteiger partial charge is 0.465 e. The Labute approximate surface area is 112 Å². The lowest BCUT2D eigenvalue weighted by Gasteiger charge is -2.18. The second-order valence-corrected chi connectivity index (χ2v) is 5.69. The summed E-state index contributed by atoms with van der Waals surface area (Å²) in [7, 11) is -2.44. The first-order valence-corrected chi connectivity index (χ1v) is 7.14. The number of sulfonamides is 1. The van der Waals surface area contributed by atoms with Gasteiger partial charge in [-0.1, -0.05) is 0 Å². The number of carbonyl (C=O) groups excluding carboxylic acids is 1. The number of nitriles is 1. The number of nitrogens with zero attached hydrogens (tertiary/aromatic N) is 2. The van der Waals surface area contributed by atoms with Crippen molar-refractivity contribution in [1.29, 1.82) is 5.26 Å². The molecule has 0 saturated heterocycles. The van der Waals surface area contributed by atoms with Gasteiger partial charge in [0.15, 0.2) is 5.75 Å². The van der Waals surface area contributed by atoms with Gasteiger partial charge in [0.1, 0.15) is 0 Å². The quantitative estimate of drug-likeness (QED) is 0.748. The summed E-state index contributed by atoms with van der Waals surface area (Å²) in [6, 6.07) is 7.95. The van der Waals surface area contributed by atoms with Crippen molar-refractivity contribution in [1.82, 2.24) is 0 Å². The molecule has 0 amide bonds. The van der Waals surface area contributed by atoms with Crippen LogP contribution in [-0.2, 0) is 19.6 Å². The van der Waals surface area contributed by atoms with E-state index in [0.717, 1.165) is 4.31 Å². The van der Waals surface area contributed by atoms with Crippen molar-refractivity contribution >= 4 is 21.7 Å². The second kappa shape index (κ2) is 6.20. The number of ether oxygens (including phenoxy) is 1. The first-order valence-electron chi connectivity index (χ1n) is 5.53. The van der Waals surface area contributed by atoms with Crippen LogP contribution in [0.2, 0.25) is 0 Å². The molecule has 0 N–H and O–H groups in total. The maximum absolute atomic E-state index is 11.9. The summed E-state index contributed by atoms with van der Waals surface area (Å²) >= 11 is 0. The third-order valence-electron chi connectivity index (χ3n) is 2.38. The lowest BCUT2D eigenvalue weighted by molar-refractivity contribution is -0.139. The summed E-state index contributed by atoms with van der Waals surface area (Å²) in [5, 5.41) is 8.66. The molecule has 0 spiro atoms. The maximum atomic E-state index is 11.9. The van der Waals surface area contributed by atoms with Gasteiger partial charge in [-0.25, -0.2) is 8.42 Å². The Kier molecular flexibility index (Phi) is 4.89. The van der Waals surface area contributed by atoms with Crippen LogP contribution in [0.5, 0.6) is 0 Å². The molecular formula is C12H14N2O4S. The van der Waals surface area contributed by atoms with E-state index in [1.807, 2.05) is 6.07 Å². The van der Waals surface area contributed by atoms with Crippen LogP contribution in [0.25, 0.3) is 0 Å². The van der Waals surface area contributed by atoms with Crippen molar-refractivity contribution in [3.05, 3.63) is 29.8 Å². The molecule has 1 aromatic rings. The summed E-state index contributed by atoms with van der Waals surface area (Å²) in [4.78, 5) is 11.2. The molecule has 0 aliphatic carbocycles. The van der Waals surface area contributed by atoms with Gasteiger partial charge >= 0.3 is 5.97 Å². The van der Waals surface area contributed by atoms with E-state index in [2.05, 4.69) is 4.74 Å². The number of benzene rings is 1. The summed E-state index contributed by atoms with van der Waals surface area (Å²) in [6.45, 7) is 1.74. The third kappa shape index (κ3) is 3.96. The van der Waals surface area contributed by atoms with Crippen LogP contribution in [-0.4, -0.2) is 33.8 Å². The third-order valence-corrected chi connectivity index (χ3v) is 4.03. The molecule has 0 heterocycles. The summed E-state index contributed by atoms with van der Waals surface area (Å²) in [6.07, 6.45) is 0. The van der Waals surface area contributed by atoms with Gasteiger partial charge in [-0.05, 0) is 31.2 Å². The molecule has 7 heteroatoms. The molecule has 102 valence electrons. The molecule has 6 nitrogen and oxygen atoms in total. The van der Waals surface area contributed by atoms with E-state index in [4.69, 9.17) is 5.26 Å². The average molecular weight is 282 g/mol. The monoisotopic (exact) mass is 282 g/mol. The fourth-order valence-electron chi connectivity index (χ4n) is 1.35. The predicted octanol–water partition coefficient (Wildman–Crippen LogP) is 0.887. The van der Waals surface area contributed by atoms with E-state index in [0.29, 0.717) is 11.3 Å². The molecule has 0 unspecified atom stereocenters. The van der Waals surface area contributed by atoms with Crippen LogP contribution in [0.1, 0.15) is 12.5 Å². The Morgan fingerprint density at radius 2 is 1.95 bits per heavy atom. The molecule has 0 radical (unpaired) electrons. The summed E-state index contributed by atoms with van der Waals surface area (Å²) in [5.74, 6) is -1.50. The zero-order valence-electron chi connectivity index (χ0n) is 10.7. The molecule has 0 aromatic heterocycles. The SMILES string of the molecule is CCOC(=O)CS(=O)(=O)N(C)c1ccc(C#N)cc1. The minimum absolute atomic E-state index is 0.134. The van der Waals surface area contributed by atoms with Crippen LogP contribution < -0.4 is 4.31 Å². The summed E-state index contributed by atoms with van der Waals surface area (Å²) < 4.78 is 29.5. The van der Waals surface area contributed by atoms with Gasteiger partial charge in [0.25, 0.3) is 0 Å². The lowest BCUT2D eigenvalue weighted by Crippen LogP contribution is -2.33. The smallest absolute Gasteiger partial charge is 0.323 e. The molecule has 0 atom stereocenters. The second-order valence-electron chi connectivity index (χ2n) is 3.69. The van der Waals surface area contributed by atoms with Crippen LogP contribution in [0.4, 0.5) is 5.69 Å². The van der Waals surface area contributed by atoms with Crippen molar-refractivity contribution in [3.63, 3.8) is 0 Å². The lowest BCUT2D eigenvalue weighted by atomic mass is 10.2. The van der Waals surface area contributed by atoms with Crippen molar-refractivity contribution in [2.24, 2.45) is 0 Å². The minimum Gasteiger partial charge on any atom is -0.465 e. The van der Waals surface area contributed by atoms with Gasteiger partial charge < -0.3 is 4.74 Å². The van der Waals surface area contributed by atoms with Crippen LogP contribution in [0, 0.1) is 11.3 Å². The average Bonchev–Trinajstić information content (AvgIpc) is 2.37. The fraction of sp³-hybridized carbons (Fsp3) is 0.333. The predicted molar refractivity (Wildman–Crippen MR) is 70.0 cm³/mol. The zero-order chi connectivity index (χ0) is 14.5. The highest BCUT2D eigenvalue weighted by Gasteiger charge is 2.23. The van der Waals surface area contributed by atoms with Gasteiger partial charge in [-0.2, -0.15) is 5.26 Å². The Balaban J connectivity index is 2.88. The van der Waals surface area contributed by atoms with E-state index in [9.17, 15) is 13.2 Å². The van der Waals surface area contributed by atoms with Crippen molar-refractivity contribution in [2.45, 2.75) is 6.92 Å². The highest BCUT2D eigenvalue weighted by molar-refractivity contribution is 7.93. The fourth-order valence-corrected chi connectivity index (χ4v) is 2.37. The number of carbonyl (C=O) groups is 1. The maximum Gasteiger partial charge on any atom is 0.323 e. The van der Waals surface area contributed by atoms with E-state index >= 15 is 0 Å². The Hall–Kier alpha value is -2.07. The van der Waals surface area contributed by atoms with Gasteiger partial charge in [0.2, 0.25) is 10.0 Å². The minimum atomic E-state index is -3.78. The molecule has 1 aromatic carbocycles. The van der Waals surface area contributed by atoms with Crippen LogP contribution in [0.3, 0.4) is 0 Å². The van der Waals surface area contributed by atoms with E-state index < -0.39 is 21.7 Å². The molecule has 0 saturated carbocycles. The first kappa shape index (κ1) is 15.0. The number of rotatable bonds is 5. The van der Waals surface area contributed by atoms with E-state index in [1.165, 1.54) is 31.3 Å². The standard InChI is InChI=1S/C12H14N2O4S/c1-3-18-12(15)9-19(16,17)14(2)11-6-4-10(8-13)5-7-11/h4-7H,3,9H2,1-2H3. The molecule has 0 bridgehead atoms. The van der Waals surface area contributed by atoms with Gasteiger partial charge in [0.05, 0.1) is 23.9 Å². The number of hydrogen-bond donors (Lipinski definition) is 0. The molecule has 0 aliphatic heterocycles. The zero-order valence-corrected chi connectivity index (χ0v) is 11.5. The van der Waals surface area contributed by atoms with Gasteiger partial charge in [0, 0.05) is 7.05 Å². The van der Waals surface area contributed by atoms with E-state index in [1.54, 1.807) is 6.92 Å². The Morgan fingerprint density at radius 1 is 1.37 bits per heavy atom. The Bertz CT molecular complexity index is 587. The highest BCUT2D eigenvalue weighted by atomic mass is 32.2. The first-order chi connectivity index (χ1) is 8.90. The summed E-state index contributed by atoms with van der Waals surface area (Å²) in [5.41, 5.74) is 0.809. The number of esters is 1. The van der Waals surface area contributed by atoms with Crippen molar-refractivity contribution in [3.8, 4) is 6.07 Å². The number of hydrogen-bond acceptors (Lipinski definition) is 5. The van der Waals surface area contributed by atoms with E-state index in [-0.39, 0.29) is 6.61 Å². The molecular weight excluding hydrogens is 268 g/mol. The topological polar surface area (TPSA) is 87.5 Å². The normalized spacial score (nSPS) is 10.6. The molecule has 19 heavy (non-hydrogen) atoms.